The molecule has 0 bridgehead atoms. The molecule has 1 fully saturated rings. The average molecular weight is 419 g/mol. The van der Waals surface area contributed by atoms with Gasteiger partial charge in [0.25, 0.3) is 5.91 Å². The summed E-state index contributed by atoms with van der Waals surface area (Å²) in [6, 6.07) is 12.4. The Bertz CT molecular complexity index is 1070. The SMILES string of the molecule is O=C(NCC1(c2ccccc2F)CCC1)c1cccc(-c2noc(C(F)(F)F)n2)c1. The Balaban J connectivity index is 1.50. The zero-order chi connectivity index (χ0) is 21.4. The van der Waals surface area contributed by atoms with E-state index in [1.807, 2.05) is 0 Å². The number of amides is 1. The summed E-state index contributed by atoms with van der Waals surface area (Å²) in [5.74, 6) is -2.44. The Morgan fingerprint density at radius 2 is 1.90 bits per heavy atom. The van der Waals surface area contributed by atoms with Crippen molar-refractivity contribution in [1.82, 2.24) is 15.5 Å². The number of alkyl halides is 3. The summed E-state index contributed by atoms with van der Waals surface area (Å²) in [7, 11) is 0. The lowest BCUT2D eigenvalue weighted by atomic mass is 9.64. The van der Waals surface area contributed by atoms with E-state index in [0.29, 0.717) is 5.56 Å². The smallest absolute Gasteiger partial charge is 0.351 e. The van der Waals surface area contributed by atoms with E-state index in [-0.39, 0.29) is 29.3 Å². The fourth-order valence-corrected chi connectivity index (χ4v) is 3.64. The van der Waals surface area contributed by atoms with Gasteiger partial charge in [0, 0.05) is 23.1 Å². The van der Waals surface area contributed by atoms with Crippen molar-refractivity contribution < 1.29 is 26.9 Å². The summed E-state index contributed by atoms with van der Waals surface area (Å²) < 4.78 is 56.5. The van der Waals surface area contributed by atoms with Crippen LogP contribution in [0.1, 0.15) is 41.1 Å². The second kappa shape index (κ2) is 7.55. The molecule has 9 heteroatoms. The second-order valence-corrected chi connectivity index (χ2v) is 7.30. The van der Waals surface area contributed by atoms with Crippen molar-refractivity contribution in [2.24, 2.45) is 0 Å². The molecule has 1 aliphatic rings. The second-order valence-electron chi connectivity index (χ2n) is 7.30. The summed E-state index contributed by atoms with van der Waals surface area (Å²) in [6.07, 6.45) is -2.28. The van der Waals surface area contributed by atoms with E-state index in [1.165, 1.54) is 30.3 Å². The predicted molar refractivity (Wildman–Crippen MR) is 99.0 cm³/mol. The van der Waals surface area contributed by atoms with E-state index in [1.54, 1.807) is 18.2 Å². The minimum Gasteiger partial charge on any atom is -0.351 e. The van der Waals surface area contributed by atoms with Gasteiger partial charge in [-0.3, -0.25) is 4.79 Å². The lowest BCUT2D eigenvalue weighted by Crippen LogP contribution is -2.46. The minimum atomic E-state index is -4.75. The van der Waals surface area contributed by atoms with Crippen LogP contribution in [0.15, 0.2) is 53.1 Å². The van der Waals surface area contributed by atoms with Gasteiger partial charge in [0.05, 0.1) is 0 Å². The van der Waals surface area contributed by atoms with Gasteiger partial charge in [-0.05, 0) is 36.6 Å². The van der Waals surface area contributed by atoms with Gasteiger partial charge < -0.3 is 9.84 Å². The highest BCUT2D eigenvalue weighted by Crippen LogP contribution is 2.44. The number of hydrogen-bond donors (Lipinski definition) is 1. The highest BCUT2D eigenvalue weighted by molar-refractivity contribution is 5.95. The molecule has 4 rings (SSSR count). The third kappa shape index (κ3) is 3.79. The van der Waals surface area contributed by atoms with Crippen molar-refractivity contribution in [2.75, 3.05) is 6.54 Å². The quantitative estimate of drug-likeness (QED) is 0.607. The lowest BCUT2D eigenvalue weighted by Gasteiger charge is -2.42. The van der Waals surface area contributed by atoms with E-state index in [0.717, 1.165) is 19.3 Å². The van der Waals surface area contributed by atoms with Crippen molar-refractivity contribution >= 4 is 5.91 Å². The first-order valence-electron chi connectivity index (χ1n) is 9.33. The summed E-state index contributed by atoms with van der Waals surface area (Å²) in [6.45, 7) is 0.261. The van der Waals surface area contributed by atoms with Gasteiger partial charge in [-0.15, -0.1) is 0 Å². The molecule has 1 N–H and O–H groups in total. The maximum atomic E-state index is 14.3. The zero-order valence-electron chi connectivity index (χ0n) is 15.7. The van der Waals surface area contributed by atoms with Gasteiger partial charge in [0.1, 0.15) is 5.82 Å². The van der Waals surface area contributed by atoms with Gasteiger partial charge >= 0.3 is 12.1 Å². The minimum absolute atomic E-state index is 0.217. The highest BCUT2D eigenvalue weighted by atomic mass is 19.4. The third-order valence-corrected chi connectivity index (χ3v) is 5.39. The van der Waals surface area contributed by atoms with E-state index in [4.69, 9.17) is 0 Å². The molecule has 5 nitrogen and oxygen atoms in total. The summed E-state index contributed by atoms with van der Waals surface area (Å²) in [5, 5.41) is 6.16. The molecular weight excluding hydrogens is 402 g/mol. The van der Waals surface area contributed by atoms with Crippen LogP contribution in [0.25, 0.3) is 11.4 Å². The van der Waals surface area contributed by atoms with Crippen LogP contribution < -0.4 is 5.32 Å². The molecule has 156 valence electrons. The first-order chi connectivity index (χ1) is 14.3. The highest BCUT2D eigenvalue weighted by Gasteiger charge is 2.41. The number of nitrogens with zero attached hydrogens (tertiary/aromatic N) is 2. The van der Waals surface area contributed by atoms with E-state index < -0.39 is 23.4 Å². The van der Waals surface area contributed by atoms with Crippen LogP contribution in [-0.2, 0) is 11.6 Å². The monoisotopic (exact) mass is 419 g/mol. The Hall–Kier alpha value is -3.23. The normalized spacial score (nSPS) is 15.5. The molecule has 30 heavy (non-hydrogen) atoms. The van der Waals surface area contributed by atoms with Crippen molar-refractivity contribution in [3.63, 3.8) is 0 Å². The Morgan fingerprint density at radius 3 is 2.53 bits per heavy atom. The molecule has 0 unspecified atom stereocenters. The van der Waals surface area contributed by atoms with Crippen molar-refractivity contribution in [2.45, 2.75) is 30.9 Å². The molecule has 1 saturated carbocycles. The first-order valence-corrected chi connectivity index (χ1v) is 9.33. The number of benzene rings is 2. The molecule has 1 aliphatic carbocycles. The van der Waals surface area contributed by atoms with Gasteiger partial charge in [0.15, 0.2) is 0 Å². The van der Waals surface area contributed by atoms with Gasteiger partial charge in [-0.25, -0.2) is 4.39 Å². The molecule has 1 aromatic heterocycles. The molecule has 0 spiro atoms. The molecule has 1 heterocycles. The number of rotatable bonds is 5. The molecule has 2 aromatic carbocycles. The van der Waals surface area contributed by atoms with Crippen LogP contribution >= 0.6 is 0 Å². The number of halogens is 4. The molecule has 0 radical (unpaired) electrons. The van der Waals surface area contributed by atoms with Crippen molar-refractivity contribution in [3.8, 4) is 11.4 Å². The van der Waals surface area contributed by atoms with Crippen molar-refractivity contribution in [3.05, 3.63) is 71.4 Å². The predicted octanol–water partition coefficient (Wildman–Crippen LogP) is 4.75. The van der Waals surface area contributed by atoms with Crippen molar-refractivity contribution in [1.29, 1.82) is 0 Å². The lowest BCUT2D eigenvalue weighted by molar-refractivity contribution is -0.159. The standard InChI is InChI=1S/C21H17F4N3O2/c22-16-8-2-1-7-15(16)20(9-4-10-20)12-26-18(29)14-6-3-5-13(11-14)17-27-19(30-28-17)21(23,24)25/h1-3,5-8,11H,4,9-10,12H2,(H,26,29). The van der Waals surface area contributed by atoms with Crippen LogP contribution in [0.3, 0.4) is 0 Å². The Labute approximate surface area is 169 Å². The fourth-order valence-electron chi connectivity index (χ4n) is 3.64. The average Bonchev–Trinajstić information content (AvgIpc) is 3.19. The number of hydrogen-bond acceptors (Lipinski definition) is 4. The van der Waals surface area contributed by atoms with Crippen LogP contribution in [0.2, 0.25) is 0 Å². The zero-order valence-corrected chi connectivity index (χ0v) is 15.7. The van der Waals surface area contributed by atoms with Crippen LogP contribution in [-0.4, -0.2) is 22.6 Å². The van der Waals surface area contributed by atoms with E-state index >= 15 is 0 Å². The molecular formula is C21H17F4N3O2. The van der Waals surface area contributed by atoms with Crippen LogP contribution in [0.5, 0.6) is 0 Å². The molecule has 0 aliphatic heterocycles. The molecule has 3 aromatic rings. The Morgan fingerprint density at radius 1 is 1.13 bits per heavy atom. The largest absolute Gasteiger partial charge is 0.471 e. The number of aromatic nitrogens is 2. The fraction of sp³-hybridized carbons (Fsp3) is 0.286. The summed E-state index contributed by atoms with van der Waals surface area (Å²) >= 11 is 0. The van der Waals surface area contributed by atoms with Gasteiger partial charge in [-0.2, -0.15) is 18.2 Å². The van der Waals surface area contributed by atoms with E-state index in [2.05, 4.69) is 20.0 Å². The summed E-state index contributed by atoms with van der Waals surface area (Å²) in [5.41, 5.74) is 0.577. The van der Waals surface area contributed by atoms with Gasteiger partial charge in [-0.1, -0.05) is 41.9 Å². The van der Waals surface area contributed by atoms with Gasteiger partial charge in [0.2, 0.25) is 5.82 Å². The summed E-state index contributed by atoms with van der Waals surface area (Å²) in [4.78, 5) is 16.0. The topological polar surface area (TPSA) is 68.0 Å². The number of nitrogens with one attached hydrogen (secondary N) is 1. The maximum Gasteiger partial charge on any atom is 0.471 e. The molecule has 0 saturated heterocycles. The maximum absolute atomic E-state index is 14.3. The third-order valence-electron chi connectivity index (χ3n) is 5.39. The number of carbonyl (C=O) groups is 1. The van der Waals surface area contributed by atoms with E-state index in [9.17, 15) is 22.4 Å². The molecule has 1 amide bonds. The first kappa shape index (κ1) is 20.1. The van der Waals surface area contributed by atoms with Crippen LogP contribution in [0, 0.1) is 5.82 Å². The van der Waals surface area contributed by atoms with Crippen LogP contribution in [0.4, 0.5) is 17.6 Å². The number of carbonyl (C=O) groups excluding carboxylic acids is 1. The molecule has 0 atom stereocenters. The Kier molecular flexibility index (Phi) is 5.05.